The summed E-state index contributed by atoms with van der Waals surface area (Å²) in [6.07, 6.45) is 0. The number of thiophene rings is 1. The minimum Gasteiger partial charge on any atom is -0.309 e. The molecule has 0 aliphatic heterocycles. The summed E-state index contributed by atoms with van der Waals surface area (Å²) in [5.74, 6) is 0. The highest BCUT2D eigenvalue weighted by molar-refractivity contribution is 9.13. The Labute approximate surface area is 113 Å². The van der Waals surface area contributed by atoms with E-state index in [2.05, 4.69) is 70.9 Å². The van der Waals surface area contributed by atoms with Crippen LogP contribution in [0.2, 0.25) is 0 Å². The van der Waals surface area contributed by atoms with Crippen LogP contribution in [0.3, 0.4) is 0 Å². The van der Waals surface area contributed by atoms with Crippen LogP contribution in [0.15, 0.2) is 14.3 Å². The van der Waals surface area contributed by atoms with Gasteiger partial charge < -0.3 is 5.32 Å². The van der Waals surface area contributed by atoms with E-state index in [-0.39, 0.29) is 5.41 Å². The Balaban J connectivity index is 2.99. The molecule has 1 atom stereocenters. The van der Waals surface area contributed by atoms with Gasteiger partial charge in [-0.2, -0.15) is 0 Å². The summed E-state index contributed by atoms with van der Waals surface area (Å²) in [6.45, 7) is 9.94. The van der Waals surface area contributed by atoms with E-state index in [4.69, 9.17) is 0 Å². The van der Waals surface area contributed by atoms with E-state index in [0.29, 0.717) is 6.04 Å². The molecule has 4 heteroatoms. The van der Waals surface area contributed by atoms with Gasteiger partial charge in [0.25, 0.3) is 0 Å². The second-order valence-corrected chi connectivity index (χ2v) is 7.88. The fourth-order valence-corrected chi connectivity index (χ4v) is 3.95. The second kappa shape index (κ2) is 5.30. The molecule has 1 heterocycles. The van der Waals surface area contributed by atoms with Crippen LogP contribution in [0.4, 0.5) is 0 Å². The van der Waals surface area contributed by atoms with Crippen molar-refractivity contribution in [2.75, 3.05) is 6.54 Å². The summed E-state index contributed by atoms with van der Waals surface area (Å²) >= 11 is 8.88. The molecule has 1 nitrogen and oxygen atoms in total. The molecule has 1 aromatic heterocycles. The van der Waals surface area contributed by atoms with Gasteiger partial charge in [-0.15, -0.1) is 11.3 Å². The fourth-order valence-electron chi connectivity index (χ4n) is 1.54. The van der Waals surface area contributed by atoms with Crippen molar-refractivity contribution < 1.29 is 0 Å². The fraction of sp³-hybridized carbons (Fsp3) is 0.636. The molecule has 1 aromatic rings. The van der Waals surface area contributed by atoms with Gasteiger partial charge in [0.05, 0.1) is 3.79 Å². The largest absolute Gasteiger partial charge is 0.309 e. The van der Waals surface area contributed by atoms with Crippen molar-refractivity contribution >= 4 is 43.2 Å². The third-order valence-corrected chi connectivity index (χ3v) is 5.54. The molecule has 0 aliphatic carbocycles. The van der Waals surface area contributed by atoms with Crippen LogP contribution in [-0.4, -0.2) is 6.54 Å². The lowest BCUT2D eigenvalue weighted by Crippen LogP contribution is -2.31. The minimum absolute atomic E-state index is 0.236. The maximum absolute atomic E-state index is 3.55. The molecule has 15 heavy (non-hydrogen) atoms. The lowest BCUT2D eigenvalue weighted by Gasteiger charge is -2.30. The second-order valence-electron chi connectivity index (χ2n) is 4.63. The monoisotopic (exact) mass is 353 g/mol. The number of hydrogen-bond acceptors (Lipinski definition) is 2. The summed E-state index contributed by atoms with van der Waals surface area (Å²) in [6, 6.07) is 2.61. The average Bonchev–Trinajstić information content (AvgIpc) is 2.40. The van der Waals surface area contributed by atoms with Crippen LogP contribution >= 0.6 is 43.2 Å². The highest BCUT2D eigenvalue weighted by Gasteiger charge is 2.27. The third kappa shape index (κ3) is 3.55. The summed E-state index contributed by atoms with van der Waals surface area (Å²) in [7, 11) is 0. The van der Waals surface area contributed by atoms with Crippen molar-refractivity contribution in [2.45, 2.75) is 33.7 Å². The Morgan fingerprint density at radius 2 is 2.00 bits per heavy atom. The minimum atomic E-state index is 0.236. The molecule has 0 bridgehead atoms. The first-order valence-electron chi connectivity index (χ1n) is 5.04. The Morgan fingerprint density at radius 3 is 2.33 bits per heavy atom. The first-order valence-corrected chi connectivity index (χ1v) is 7.44. The van der Waals surface area contributed by atoms with E-state index in [1.807, 2.05) is 0 Å². The average molecular weight is 355 g/mol. The Hall–Kier alpha value is 0.620. The molecular weight excluding hydrogens is 338 g/mol. The molecule has 0 saturated heterocycles. The van der Waals surface area contributed by atoms with Crippen molar-refractivity contribution in [1.82, 2.24) is 5.32 Å². The molecule has 0 aromatic carbocycles. The van der Waals surface area contributed by atoms with E-state index in [1.165, 1.54) is 8.66 Å². The highest BCUT2D eigenvalue weighted by atomic mass is 79.9. The van der Waals surface area contributed by atoms with E-state index < -0.39 is 0 Å². The van der Waals surface area contributed by atoms with Gasteiger partial charge in [-0.3, -0.25) is 0 Å². The number of halogens is 2. The van der Waals surface area contributed by atoms with Crippen LogP contribution in [-0.2, 0) is 0 Å². The van der Waals surface area contributed by atoms with Gasteiger partial charge in [0.2, 0.25) is 0 Å². The molecular formula is C11H17Br2NS. The van der Waals surface area contributed by atoms with Crippen LogP contribution < -0.4 is 5.32 Å². The van der Waals surface area contributed by atoms with Crippen molar-refractivity contribution in [2.24, 2.45) is 5.41 Å². The van der Waals surface area contributed by atoms with Gasteiger partial charge >= 0.3 is 0 Å². The maximum Gasteiger partial charge on any atom is 0.0843 e. The summed E-state index contributed by atoms with van der Waals surface area (Å²) in [4.78, 5) is 1.38. The normalized spacial score (nSPS) is 14.3. The summed E-state index contributed by atoms with van der Waals surface area (Å²) < 4.78 is 2.32. The van der Waals surface area contributed by atoms with Crippen molar-refractivity contribution in [3.05, 3.63) is 19.2 Å². The van der Waals surface area contributed by atoms with E-state index in [1.54, 1.807) is 11.3 Å². The zero-order chi connectivity index (χ0) is 11.6. The topological polar surface area (TPSA) is 12.0 Å². The van der Waals surface area contributed by atoms with Gasteiger partial charge in [-0.05, 0) is 49.9 Å². The number of hydrogen-bond donors (Lipinski definition) is 1. The predicted molar refractivity (Wildman–Crippen MR) is 75.6 cm³/mol. The molecule has 0 radical (unpaired) electrons. The number of nitrogens with one attached hydrogen (secondary N) is 1. The van der Waals surface area contributed by atoms with Crippen molar-refractivity contribution in [1.29, 1.82) is 0 Å². The molecule has 1 N–H and O–H groups in total. The lowest BCUT2D eigenvalue weighted by atomic mass is 9.86. The van der Waals surface area contributed by atoms with E-state index >= 15 is 0 Å². The standard InChI is InChI=1S/C11H17Br2NS/c1-5-14-9(11(2,3)4)8-6-7(12)10(13)15-8/h6,9,14H,5H2,1-4H3. The SMILES string of the molecule is CCNC(c1cc(Br)c(Br)s1)C(C)(C)C. The van der Waals surface area contributed by atoms with Gasteiger partial charge in [-0.25, -0.2) is 0 Å². The predicted octanol–water partition coefficient (Wildman–Crippen LogP) is 4.97. The van der Waals surface area contributed by atoms with Crippen LogP contribution in [0.5, 0.6) is 0 Å². The lowest BCUT2D eigenvalue weighted by molar-refractivity contribution is 0.280. The Kier molecular flexibility index (Phi) is 4.84. The highest BCUT2D eigenvalue weighted by Crippen LogP contribution is 2.41. The van der Waals surface area contributed by atoms with Crippen molar-refractivity contribution in [3.63, 3.8) is 0 Å². The molecule has 1 rings (SSSR count). The molecule has 1 unspecified atom stereocenters. The van der Waals surface area contributed by atoms with Crippen LogP contribution in [0, 0.1) is 5.41 Å². The van der Waals surface area contributed by atoms with Gasteiger partial charge in [0.15, 0.2) is 0 Å². The molecule has 0 fully saturated rings. The molecule has 0 amide bonds. The number of rotatable bonds is 3. The van der Waals surface area contributed by atoms with Crippen LogP contribution in [0.25, 0.3) is 0 Å². The van der Waals surface area contributed by atoms with Gasteiger partial charge in [0, 0.05) is 15.4 Å². The van der Waals surface area contributed by atoms with Crippen molar-refractivity contribution in [3.8, 4) is 0 Å². The zero-order valence-corrected chi connectivity index (χ0v) is 13.5. The molecule has 0 aliphatic rings. The molecule has 86 valence electrons. The summed E-state index contributed by atoms with van der Waals surface area (Å²) in [5, 5.41) is 3.55. The first-order chi connectivity index (χ1) is 6.86. The smallest absolute Gasteiger partial charge is 0.0843 e. The van der Waals surface area contributed by atoms with Gasteiger partial charge in [-0.1, -0.05) is 27.7 Å². The third-order valence-electron chi connectivity index (χ3n) is 2.22. The Morgan fingerprint density at radius 1 is 1.40 bits per heavy atom. The summed E-state index contributed by atoms with van der Waals surface area (Å²) in [5.41, 5.74) is 0.236. The molecule has 0 saturated carbocycles. The van der Waals surface area contributed by atoms with Gasteiger partial charge in [0.1, 0.15) is 0 Å². The molecule has 0 spiro atoms. The van der Waals surface area contributed by atoms with E-state index in [9.17, 15) is 0 Å². The Bertz CT molecular complexity index is 308. The quantitative estimate of drug-likeness (QED) is 0.807. The van der Waals surface area contributed by atoms with Crippen LogP contribution in [0.1, 0.15) is 38.6 Å². The zero-order valence-electron chi connectivity index (χ0n) is 9.53. The first kappa shape index (κ1) is 13.7. The maximum atomic E-state index is 3.55. The van der Waals surface area contributed by atoms with E-state index in [0.717, 1.165) is 11.0 Å².